The van der Waals surface area contributed by atoms with Gasteiger partial charge in [0.15, 0.2) is 0 Å². The average Bonchev–Trinajstić information content (AvgIpc) is 4.09. The number of phenols is 2. The van der Waals surface area contributed by atoms with E-state index >= 15 is 0 Å². The molecule has 10 rings (SSSR count). The van der Waals surface area contributed by atoms with Gasteiger partial charge in [0.25, 0.3) is 0 Å². The van der Waals surface area contributed by atoms with E-state index in [9.17, 15) is 0 Å². The fourth-order valence-electron chi connectivity index (χ4n) is 6.68. The molecular weight excluding hydrogens is 865 g/mol. The molecule has 368 valence electrons. The minimum absolute atomic E-state index is 0. The fourth-order valence-corrected chi connectivity index (χ4v) is 6.68. The average molecular weight is 941 g/mol. The van der Waals surface area contributed by atoms with Gasteiger partial charge >= 0.3 is 0 Å². The number of hydrogen-bond donors (Lipinski definition) is 2. The van der Waals surface area contributed by atoms with Crippen molar-refractivity contribution in [1.29, 1.82) is 0 Å². The lowest BCUT2D eigenvalue weighted by atomic mass is 10.0. The summed E-state index contributed by atoms with van der Waals surface area (Å²) in [6, 6.07) is 72.9. The van der Waals surface area contributed by atoms with Crippen molar-refractivity contribution < 1.29 is 29.5 Å². The third-order valence-corrected chi connectivity index (χ3v) is 11.1. The minimum Gasteiger partial charge on any atom is -0.508 e. The lowest BCUT2D eigenvalue weighted by Gasteiger charge is -2.04. The first-order chi connectivity index (χ1) is 33.4. The molecule has 2 aliphatic rings. The molecule has 0 saturated carbocycles. The van der Waals surface area contributed by atoms with Crippen molar-refractivity contribution >= 4 is 0 Å². The van der Waals surface area contributed by atoms with Crippen molar-refractivity contribution in [2.45, 2.75) is 80.3 Å². The van der Waals surface area contributed by atoms with E-state index < -0.39 is 0 Å². The van der Waals surface area contributed by atoms with Crippen LogP contribution in [0.4, 0.5) is 0 Å². The van der Waals surface area contributed by atoms with Crippen LogP contribution in [-0.4, -0.2) is 42.7 Å². The molecule has 2 saturated heterocycles. The van der Waals surface area contributed by atoms with Crippen LogP contribution in [0.3, 0.4) is 0 Å². The summed E-state index contributed by atoms with van der Waals surface area (Å²) in [7, 11) is 0. The van der Waals surface area contributed by atoms with Gasteiger partial charge in [-0.1, -0.05) is 225 Å². The summed E-state index contributed by atoms with van der Waals surface area (Å²) in [6.07, 6.45) is 4.77. The van der Waals surface area contributed by atoms with Crippen LogP contribution in [0.25, 0.3) is 22.3 Å². The summed E-state index contributed by atoms with van der Waals surface area (Å²) in [6.45, 7) is 11.6. The van der Waals surface area contributed by atoms with Crippen LogP contribution in [0, 0.1) is 0 Å². The van der Waals surface area contributed by atoms with E-state index in [2.05, 4.69) is 137 Å². The van der Waals surface area contributed by atoms with Gasteiger partial charge in [0.05, 0.1) is 19.8 Å². The Labute approximate surface area is 420 Å². The van der Waals surface area contributed by atoms with Crippen molar-refractivity contribution in [1.82, 2.24) is 0 Å². The second-order valence-electron chi connectivity index (χ2n) is 16.1. The van der Waals surface area contributed by atoms with Gasteiger partial charge in [-0.25, -0.2) is 9.78 Å². The molecule has 2 N–H and O–H groups in total. The smallest absolute Gasteiger partial charge is 0.119 e. The monoisotopic (exact) mass is 941 g/mol. The Kier molecular flexibility index (Phi) is 27.5. The molecule has 8 aromatic carbocycles. The number of aromatic hydroxyl groups is 2. The molecule has 2 aliphatic heterocycles. The predicted octanol–water partition coefficient (Wildman–Crippen LogP) is 16.2. The highest BCUT2D eigenvalue weighted by atomic mass is 17.2. The van der Waals surface area contributed by atoms with Crippen molar-refractivity contribution in [3.05, 3.63) is 246 Å². The molecule has 1 unspecified atom stereocenters. The number of rotatable bonds is 10. The van der Waals surface area contributed by atoms with Crippen molar-refractivity contribution in [3.8, 4) is 39.5 Å². The van der Waals surface area contributed by atoms with Gasteiger partial charge in [-0.05, 0) is 112 Å². The third-order valence-electron chi connectivity index (χ3n) is 11.1. The van der Waals surface area contributed by atoms with E-state index in [-0.39, 0.29) is 14.9 Å². The molecule has 2 heterocycles. The van der Waals surface area contributed by atoms with Crippen LogP contribution < -0.4 is 4.74 Å². The van der Waals surface area contributed by atoms with Crippen LogP contribution in [0.5, 0.6) is 17.2 Å². The second kappa shape index (κ2) is 33.5. The van der Waals surface area contributed by atoms with Crippen molar-refractivity contribution in [2.75, 3.05) is 26.4 Å². The van der Waals surface area contributed by atoms with Gasteiger partial charge in [-0.15, -0.1) is 0 Å². The summed E-state index contributed by atoms with van der Waals surface area (Å²) < 4.78 is 10.4. The molecule has 0 bridgehead atoms. The lowest BCUT2D eigenvalue weighted by molar-refractivity contribution is -0.248. The number of aryl methyl sites for hydroxylation is 4. The molecule has 6 nitrogen and oxygen atoms in total. The third kappa shape index (κ3) is 22.0. The summed E-state index contributed by atoms with van der Waals surface area (Å²) >= 11 is 0. The van der Waals surface area contributed by atoms with Crippen LogP contribution in [-0.2, 0) is 40.2 Å². The predicted molar refractivity (Wildman–Crippen MR) is 294 cm³/mol. The van der Waals surface area contributed by atoms with E-state index in [1.165, 1.54) is 50.1 Å². The Balaban J connectivity index is 0.000000227. The van der Waals surface area contributed by atoms with Crippen molar-refractivity contribution in [2.24, 2.45) is 0 Å². The molecule has 0 aromatic heterocycles. The molecule has 6 heteroatoms. The molecule has 2 fully saturated rings. The number of phenolic OH excluding ortho intramolecular Hbond substituents is 2. The standard InChI is InChI=1S/2C16H18.2C9H10O2.2C6H6O.2CH4/c2*1-3-13-5-9-15(10-6-13)16-11-7-14(4-2)8-12-16;1-2-4-8(5-3-1)10-6-9-7-11-9;1-2-4-8(5-3-1)9-6-10-11-7-9;2*7-6-4-2-1-3-5-6;;/h2*5-12H,3-4H2,1-2H3;2*1-5,9H,6-7H2;2*1-5,7H;2*1H4. The minimum atomic E-state index is 0. The van der Waals surface area contributed by atoms with Gasteiger partial charge in [0.1, 0.15) is 30.0 Å². The van der Waals surface area contributed by atoms with E-state index in [4.69, 9.17) is 29.5 Å². The Morgan fingerprint density at radius 1 is 0.386 bits per heavy atom. The quantitative estimate of drug-likeness (QED) is 0.105. The molecule has 1 atom stereocenters. The highest BCUT2D eigenvalue weighted by Crippen LogP contribution is 2.23. The molecule has 0 spiro atoms. The Morgan fingerprint density at radius 2 is 0.671 bits per heavy atom. The second-order valence-corrected chi connectivity index (χ2v) is 16.1. The van der Waals surface area contributed by atoms with E-state index in [1.54, 1.807) is 48.5 Å². The van der Waals surface area contributed by atoms with Gasteiger partial charge in [-0.3, -0.25) is 0 Å². The first-order valence-electron chi connectivity index (χ1n) is 23.8. The molecule has 0 amide bonds. The molecule has 0 aliphatic carbocycles. The number of hydrogen-bond acceptors (Lipinski definition) is 6. The van der Waals surface area contributed by atoms with E-state index in [1.807, 2.05) is 60.7 Å². The maximum Gasteiger partial charge on any atom is 0.119 e. The zero-order chi connectivity index (χ0) is 48.0. The molecular formula is C64H76O6. The summed E-state index contributed by atoms with van der Waals surface area (Å²) in [4.78, 5) is 9.62. The fraction of sp³-hybridized carbons (Fsp3) is 0.250. The number of benzene rings is 8. The maximum absolute atomic E-state index is 8.63. The summed E-state index contributed by atoms with van der Waals surface area (Å²) in [5.41, 5.74) is 12.1. The SMILES string of the molecule is C.C.CCc1ccc(-c2ccc(CC)cc2)cc1.CCc1ccc(-c2ccc(CC)cc2)cc1.Oc1ccccc1.Oc1ccccc1.c1ccc(C2COOC2)cc1.c1ccc(OCC2CO2)cc1. The highest BCUT2D eigenvalue weighted by molar-refractivity contribution is 5.65. The van der Waals surface area contributed by atoms with Gasteiger partial charge in [0, 0.05) is 5.92 Å². The van der Waals surface area contributed by atoms with Gasteiger partial charge < -0.3 is 19.7 Å². The maximum atomic E-state index is 8.63. The van der Waals surface area contributed by atoms with Crippen LogP contribution in [0.2, 0.25) is 0 Å². The van der Waals surface area contributed by atoms with Crippen LogP contribution in [0.15, 0.2) is 218 Å². The highest BCUT2D eigenvalue weighted by Gasteiger charge is 2.23. The first-order valence-corrected chi connectivity index (χ1v) is 23.8. The number of epoxide rings is 1. The van der Waals surface area contributed by atoms with E-state index in [0.717, 1.165) is 38.0 Å². The normalized spacial score (nSPS) is 12.8. The number of para-hydroxylation sites is 3. The Morgan fingerprint density at radius 3 is 0.929 bits per heavy atom. The first kappa shape index (κ1) is 57.4. The van der Waals surface area contributed by atoms with Gasteiger partial charge in [-0.2, -0.15) is 0 Å². The summed E-state index contributed by atoms with van der Waals surface area (Å²) in [5.74, 6) is 1.99. The van der Waals surface area contributed by atoms with Crippen LogP contribution >= 0.6 is 0 Å². The number of ether oxygens (including phenoxy) is 2. The lowest BCUT2D eigenvalue weighted by Crippen LogP contribution is -2.03. The van der Waals surface area contributed by atoms with Gasteiger partial charge in [0.2, 0.25) is 0 Å². The zero-order valence-corrected chi connectivity index (χ0v) is 40.1. The largest absolute Gasteiger partial charge is 0.508 e. The summed E-state index contributed by atoms with van der Waals surface area (Å²) in [5, 5.41) is 17.3. The molecule has 70 heavy (non-hydrogen) atoms. The Hall–Kier alpha value is -6.96. The van der Waals surface area contributed by atoms with Crippen molar-refractivity contribution in [3.63, 3.8) is 0 Å². The van der Waals surface area contributed by atoms with E-state index in [0.29, 0.717) is 43.3 Å². The topological polar surface area (TPSA) is 80.7 Å². The van der Waals surface area contributed by atoms with Crippen LogP contribution in [0.1, 0.15) is 76.3 Å². The molecule has 0 radical (unpaired) electrons. The molecule has 8 aromatic rings. The Bertz CT molecular complexity index is 2250. The zero-order valence-electron chi connectivity index (χ0n) is 40.1.